The number of alkyl halides is 3. The molecule has 5 nitrogen and oxygen atoms in total. The van der Waals surface area contributed by atoms with Gasteiger partial charge < -0.3 is 10.1 Å². The number of halogens is 4. The average Bonchev–Trinajstić information content (AvgIpc) is 3.03. The predicted octanol–water partition coefficient (Wildman–Crippen LogP) is 3.84. The summed E-state index contributed by atoms with van der Waals surface area (Å²) in [7, 11) is 1.57. The largest absolute Gasteiger partial charge is 0.495 e. The van der Waals surface area contributed by atoms with E-state index in [1.165, 1.54) is 0 Å². The Hall–Kier alpha value is -2.06. The Morgan fingerprint density at radius 2 is 2.15 bits per heavy atom. The third-order valence-corrected chi connectivity index (χ3v) is 4.67. The molecule has 1 unspecified atom stereocenters. The van der Waals surface area contributed by atoms with Crippen molar-refractivity contribution in [2.75, 3.05) is 25.5 Å². The molecule has 0 amide bonds. The molecule has 1 fully saturated rings. The van der Waals surface area contributed by atoms with Gasteiger partial charge in [0.05, 0.1) is 12.1 Å². The van der Waals surface area contributed by atoms with E-state index in [9.17, 15) is 13.2 Å². The summed E-state index contributed by atoms with van der Waals surface area (Å²) in [5.74, 6) is 0.803. The van der Waals surface area contributed by atoms with E-state index in [1.54, 1.807) is 13.2 Å². The number of hydrogen-bond donors (Lipinski definition) is 1. The van der Waals surface area contributed by atoms with E-state index >= 15 is 0 Å². The maximum absolute atomic E-state index is 12.7. The first kappa shape index (κ1) is 18.7. The Morgan fingerprint density at radius 3 is 2.88 bits per heavy atom. The van der Waals surface area contributed by atoms with E-state index in [0.717, 1.165) is 30.9 Å². The Labute approximate surface area is 154 Å². The van der Waals surface area contributed by atoms with Gasteiger partial charge in [-0.25, -0.2) is 9.97 Å². The highest BCUT2D eigenvalue weighted by molar-refractivity contribution is 6.32. The molecule has 1 atom stereocenters. The molecule has 1 saturated heterocycles. The fourth-order valence-corrected chi connectivity index (χ4v) is 3.23. The number of nitrogens with zero attached hydrogens (tertiary/aromatic N) is 3. The van der Waals surface area contributed by atoms with Gasteiger partial charge in [-0.2, -0.15) is 13.2 Å². The summed E-state index contributed by atoms with van der Waals surface area (Å²) in [5.41, 5.74) is 0.000996. The van der Waals surface area contributed by atoms with Crippen molar-refractivity contribution < 1.29 is 17.9 Å². The van der Waals surface area contributed by atoms with Gasteiger partial charge in [0.1, 0.15) is 23.6 Å². The molecular formula is C17H18ClF3N4O. The van der Waals surface area contributed by atoms with Crippen LogP contribution >= 0.6 is 11.6 Å². The van der Waals surface area contributed by atoms with Crippen LogP contribution in [0.3, 0.4) is 0 Å². The van der Waals surface area contributed by atoms with E-state index in [2.05, 4.69) is 20.2 Å². The van der Waals surface area contributed by atoms with Gasteiger partial charge in [-0.05, 0) is 18.1 Å². The molecule has 26 heavy (non-hydrogen) atoms. The van der Waals surface area contributed by atoms with Gasteiger partial charge >= 0.3 is 6.18 Å². The second-order valence-electron chi connectivity index (χ2n) is 6.08. The van der Waals surface area contributed by atoms with Crippen LogP contribution in [0.2, 0.25) is 5.02 Å². The molecule has 1 aliphatic rings. The summed E-state index contributed by atoms with van der Waals surface area (Å²) in [6.07, 6.45) is -2.76. The maximum atomic E-state index is 12.7. The van der Waals surface area contributed by atoms with E-state index < -0.39 is 11.9 Å². The Morgan fingerprint density at radius 1 is 1.35 bits per heavy atom. The van der Waals surface area contributed by atoms with Crippen molar-refractivity contribution in [3.05, 3.63) is 46.9 Å². The average molecular weight is 387 g/mol. The van der Waals surface area contributed by atoms with Crippen molar-refractivity contribution >= 4 is 17.4 Å². The molecule has 2 heterocycles. The predicted molar refractivity (Wildman–Crippen MR) is 92.3 cm³/mol. The third-order valence-electron chi connectivity index (χ3n) is 4.24. The van der Waals surface area contributed by atoms with E-state index in [0.29, 0.717) is 23.9 Å². The number of methoxy groups -OCH3 is 1. The van der Waals surface area contributed by atoms with Crippen molar-refractivity contribution in [2.45, 2.75) is 25.2 Å². The molecule has 140 valence electrons. The molecule has 9 heteroatoms. The zero-order valence-corrected chi connectivity index (χ0v) is 14.8. The molecule has 2 aromatic rings. The van der Waals surface area contributed by atoms with Crippen LogP contribution in [-0.4, -0.2) is 41.1 Å². The van der Waals surface area contributed by atoms with E-state index in [-0.39, 0.29) is 11.9 Å². The molecule has 0 saturated carbocycles. The topological polar surface area (TPSA) is 50.3 Å². The Bertz CT molecular complexity index is 772. The van der Waals surface area contributed by atoms with E-state index in [4.69, 9.17) is 16.3 Å². The zero-order chi connectivity index (χ0) is 18.7. The Balaban J connectivity index is 1.61. The van der Waals surface area contributed by atoms with Crippen LogP contribution in [0.4, 0.5) is 19.0 Å². The molecule has 1 aliphatic heterocycles. The number of nitrogens with one attached hydrogen (secondary N) is 1. The monoisotopic (exact) mass is 386 g/mol. The van der Waals surface area contributed by atoms with Gasteiger partial charge in [-0.15, -0.1) is 0 Å². The Kier molecular flexibility index (Phi) is 5.52. The molecule has 0 bridgehead atoms. The number of aromatic nitrogens is 2. The SMILES string of the molecule is COc1cccc(CN2CCC(Nc3cc(C(F)(F)F)ncn3)C2)c1Cl. The van der Waals surface area contributed by atoms with Gasteiger partial charge in [0.25, 0.3) is 0 Å². The van der Waals surface area contributed by atoms with E-state index in [1.807, 2.05) is 12.1 Å². The molecule has 3 rings (SSSR count). The highest BCUT2D eigenvalue weighted by Gasteiger charge is 2.33. The summed E-state index contributed by atoms with van der Waals surface area (Å²) in [5, 5.41) is 3.64. The van der Waals surface area contributed by atoms with Crippen molar-refractivity contribution in [2.24, 2.45) is 0 Å². The lowest BCUT2D eigenvalue weighted by atomic mass is 10.2. The minimum Gasteiger partial charge on any atom is -0.495 e. The van der Waals surface area contributed by atoms with Crippen molar-refractivity contribution in [1.82, 2.24) is 14.9 Å². The number of ether oxygens (including phenoxy) is 1. The van der Waals surface area contributed by atoms with Crippen molar-refractivity contribution in [3.8, 4) is 5.75 Å². The first-order chi connectivity index (χ1) is 12.4. The summed E-state index contributed by atoms with van der Waals surface area (Å²) in [4.78, 5) is 9.34. The number of benzene rings is 1. The quantitative estimate of drug-likeness (QED) is 0.846. The fourth-order valence-electron chi connectivity index (χ4n) is 2.97. The highest BCUT2D eigenvalue weighted by Crippen LogP contribution is 2.30. The minimum atomic E-state index is -4.48. The molecular weight excluding hydrogens is 369 g/mol. The van der Waals surface area contributed by atoms with Crippen molar-refractivity contribution in [1.29, 1.82) is 0 Å². The van der Waals surface area contributed by atoms with Crippen LogP contribution in [0, 0.1) is 0 Å². The van der Waals surface area contributed by atoms with Crippen LogP contribution in [0.25, 0.3) is 0 Å². The van der Waals surface area contributed by atoms with Crippen LogP contribution in [0.5, 0.6) is 5.75 Å². The normalized spacial score (nSPS) is 18.1. The number of likely N-dealkylation sites (tertiary alicyclic amines) is 1. The molecule has 0 aliphatic carbocycles. The standard InChI is InChI=1S/C17H18ClF3N4O/c1-26-13-4-2-3-11(16(13)18)8-25-6-5-12(9-25)24-15-7-14(17(19,20)21)22-10-23-15/h2-4,7,10,12H,5-6,8-9H2,1H3,(H,22,23,24). The van der Waals surface area contributed by atoms with Gasteiger partial charge in [-0.3, -0.25) is 4.90 Å². The summed E-state index contributed by atoms with van der Waals surface area (Å²) in [6.45, 7) is 2.13. The van der Waals surface area contributed by atoms with Crippen molar-refractivity contribution in [3.63, 3.8) is 0 Å². The lowest BCUT2D eigenvalue weighted by Crippen LogP contribution is -2.26. The van der Waals surface area contributed by atoms with Crippen LogP contribution in [-0.2, 0) is 12.7 Å². The number of anilines is 1. The first-order valence-corrected chi connectivity index (χ1v) is 8.44. The van der Waals surface area contributed by atoms with Gasteiger partial charge in [-0.1, -0.05) is 23.7 Å². The maximum Gasteiger partial charge on any atom is 0.433 e. The summed E-state index contributed by atoms with van der Waals surface area (Å²) >= 11 is 6.32. The lowest BCUT2D eigenvalue weighted by Gasteiger charge is -2.18. The minimum absolute atomic E-state index is 0.00960. The zero-order valence-electron chi connectivity index (χ0n) is 14.1. The smallest absolute Gasteiger partial charge is 0.433 e. The summed E-state index contributed by atoms with van der Waals surface area (Å²) < 4.78 is 43.4. The molecule has 1 N–H and O–H groups in total. The second kappa shape index (κ2) is 7.67. The third kappa shape index (κ3) is 4.37. The number of hydrogen-bond acceptors (Lipinski definition) is 5. The molecule has 0 radical (unpaired) electrons. The summed E-state index contributed by atoms with van der Waals surface area (Å²) in [6, 6.07) is 6.56. The van der Waals surface area contributed by atoms with Crippen LogP contribution < -0.4 is 10.1 Å². The first-order valence-electron chi connectivity index (χ1n) is 8.06. The van der Waals surface area contributed by atoms with Gasteiger partial charge in [0, 0.05) is 31.7 Å². The van der Waals surface area contributed by atoms with Gasteiger partial charge in [0.15, 0.2) is 0 Å². The van der Waals surface area contributed by atoms with Crippen LogP contribution in [0.15, 0.2) is 30.6 Å². The molecule has 1 aromatic carbocycles. The van der Waals surface area contributed by atoms with Crippen LogP contribution in [0.1, 0.15) is 17.7 Å². The fraction of sp³-hybridized carbons (Fsp3) is 0.412. The molecule has 0 spiro atoms. The molecule has 1 aromatic heterocycles. The van der Waals surface area contributed by atoms with Gasteiger partial charge in [0.2, 0.25) is 0 Å². The second-order valence-corrected chi connectivity index (χ2v) is 6.46. The lowest BCUT2D eigenvalue weighted by molar-refractivity contribution is -0.141. The number of rotatable bonds is 5. The highest BCUT2D eigenvalue weighted by atomic mass is 35.5.